The molecule has 2 aromatic heterocycles. The number of aromatic nitrogens is 2. The summed E-state index contributed by atoms with van der Waals surface area (Å²) in [6, 6.07) is 18.6. The molecule has 0 spiro atoms. The van der Waals surface area contributed by atoms with Crippen molar-refractivity contribution in [1.82, 2.24) is 9.78 Å². The molecule has 5 aromatic rings. The third kappa shape index (κ3) is 5.20. The van der Waals surface area contributed by atoms with Crippen molar-refractivity contribution in [2.24, 2.45) is 36.1 Å². The molecule has 10 nitrogen and oxygen atoms in total. The van der Waals surface area contributed by atoms with Crippen LogP contribution in [0.1, 0.15) is 49.3 Å². The largest absolute Gasteiger partial charge is 0.504 e. The second kappa shape index (κ2) is 13.3. The number of carbonyl (C=O) groups is 4. The summed E-state index contributed by atoms with van der Waals surface area (Å²) in [5, 5.41) is 17.3. The number of rotatable bonds is 6. The fraction of sp³-hybridized carbons (Fsp3) is 0.326. The van der Waals surface area contributed by atoms with Gasteiger partial charge in [0.25, 0.3) is 0 Å². The number of carbonyl (C=O) groups excluding carboxylic acids is 4. The van der Waals surface area contributed by atoms with E-state index in [2.05, 4.69) is 0 Å². The maximum atomic E-state index is 15.2. The molecule has 1 saturated carbocycles. The molecule has 3 aromatic carbocycles. The predicted octanol–water partition coefficient (Wildman–Crippen LogP) is 8.58. The minimum Gasteiger partial charge on any atom is -0.504 e. The Morgan fingerprint density at radius 3 is 2.46 bits per heavy atom. The highest BCUT2D eigenvalue weighted by molar-refractivity contribution is 14.1. The SMILES string of the molecule is CCc1ccc(N2C(=O)C3CC=C4C(CC5C(=O)N(c6cc(-c7sc8ccc(Cl)cc8c7C)nn6C)C(=O)C5(C)C4c4cc(I)c(O)c(OC)c4)C3C2=O)cc1. The van der Waals surface area contributed by atoms with Crippen molar-refractivity contribution in [3.8, 4) is 22.1 Å². The van der Waals surface area contributed by atoms with Crippen LogP contribution in [-0.2, 0) is 32.6 Å². The lowest BCUT2D eigenvalue weighted by Gasteiger charge is -2.49. The molecular formula is C43H38ClIN4O6S. The highest BCUT2D eigenvalue weighted by Crippen LogP contribution is 2.64. The molecule has 4 heterocycles. The molecule has 4 amide bonds. The minimum absolute atomic E-state index is 0.0263. The Morgan fingerprint density at radius 2 is 1.75 bits per heavy atom. The fourth-order valence-corrected chi connectivity index (χ4v) is 11.8. The summed E-state index contributed by atoms with van der Waals surface area (Å²) in [5.74, 6) is -4.00. The van der Waals surface area contributed by atoms with E-state index in [0.717, 1.165) is 38.1 Å². The first kappa shape index (κ1) is 37.1. The second-order valence-corrected chi connectivity index (χ2v) is 18.1. The van der Waals surface area contributed by atoms with Crippen molar-refractivity contribution in [1.29, 1.82) is 0 Å². The van der Waals surface area contributed by atoms with E-state index in [9.17, 15) is 19.5 Å². The number of aromatic hydroxyl groups is 1. The Kier molecular flexibility index (Phi) is 8.79. The van der Waals surface area contributed by atoms with Gasteiger partial charge in [0, 0.05) is 28.8 Å². The molecule has 13 heteroatoms. The molecule has 56 heavy (non-hydrogen) atoms. The first-order chi connectivity index (χ1) is 26.8. The van der Waals surface area contributed by atoms with Gasteiger partial charge >= 0.3 is 0 Å². The van der Waals surface area contributed by atoms with Gasteiger partial charge in [0.05, 0.1) is 44.4 Å². The number of phenols is 1. The summed E-state index contributed by atoms with van der Waals surface area (Å²) in [7, 11) is 3.20. The van der Waals surface area contributed by atoms with Gasteiger partial charge in [-0.3, -0.25) is 28.8 Å². The van der Waals surface area contributed by atoms with Gasteiger partial charge in [-0.05, 0) is 126 Å². The Balaban J connectivity index is 1.16. The van der Waals surface area contributed by atoms with Gasteiger partial charge in [0.1, 0.15) is 11.5 Å². The van der Waals surface area contributed by atoms with Crippen LogP contribution < -0.4 is 14.5 Å². The maximum Gasteiger partial charge on any atom is 0.242 e. The van der Waals surface area contributed by atoms with Crippen LogP contribution in [0.5, 0.6) is 11.5 Å². The van der Waals surface area contributed by atoms with Gasteiger partial charge in [0.15, 0.2) is 11.5 Å². The zero-order valence-corrected chi connectivity index (χ0v) is 35.0. The van der Waals surface area contributed by atoms with Crippen LogP contribution in [0.15, 0.2) is 72.3 Å². The summed E-state index contributed by atoms with van der Waals surface area (Å²) in [5.41, 5.74) is 3.52. The van der Waals surface area contributed by atoms with Gasteiger partial charge in [-0.25, -0.2) is 4.90 Å². The Bertz CT molecular complexity index is 2580. The number of thiophene rings is 1. The highest BCUT2D eigenvalue weighted by Gasteiger charge is 2.68. The number of methoxy groups -OCH3 is 1. The van der Waals surface area contributed by atoms with Crippen molar-refractivity contribution in [2.45, 2.75) is 46.0 Å². The molecule has 286 valence electrons. The summed E-state index contributed by atoms with van der Waals surface area (Å²) in [4.78, 5) is 62.3. The zero-order chi connectivity index (χ0) is 39.5. The number of ether oxygens (including phenoxy) is 1. The molecule has 0 radical (unpaired) electrons. The van der Waals surface area contributed by atoms with E-state index in [1.54, 1.807) is 35.2 Å². The third-order valence-corrected chi connectivity index (χ3v) is 15.0. The minimum atomic E-state index is -1.28. The van der Waals surface area contributed by atoms with Crippen molar-refractivity contribution in [3.63, 3.8) is 0 Å². The average Bonchev–Trinajstić information content (AvgIpc) is 3.86. The van der Waals surface area contributed by atoms with Crippen LogP contribution in [0.2, 0.25) is 5.02 Å². The average molecular weight is 901 g/mol. The number of anilines is 2. The van der Waals surface area contributed by atoms with Crippen LogP contribution in [-0.4, -0.2) is 45.6 Å². The number of aryl methyl sites for hydroxylation is 3. The number of hydrogen-bond donors (Lipinski definition) is 1. The zero-order valence-electron chi connectivity index (χ0n) is 31.3. The monoisotopic (exact) mass is 900 g/mol. The van der Waals surface area contributed by atoms with E-state index < -0.39 is 35.0 Å². The molecule has 2 aliphatic heterocycles. The Hall–Kier alpha value is -4.53. The number of benzene rings is 3. The van der Waals surface area contributed by atoms with Gasteiger partial charge < -0.3 is 9.84 Å². The molecule has 6 unspecified atom stereocenters. The number of halogens is 2. The lowest BCUT2D eigenvalue weighted by atomic mass is 9.51. The van der Waals surface area contributed by atoms with Gasteiger partial charge in [-0.2, -0.15) is 5.10 Å². The van der Waals surface area contributed by atoms with Crippen LogP contribution >= 0.6 is 45.5 Å². The lowest BCUT2D eigenvalue weighted by molar-refractivity contribution is -0.131. The third-order valence-electron chi connectivity index (χ3n) is 12.7. The molecule has 9 rings (SSSR count). The number of fused-ring (bicyclic) bond motifs is 5. The molecule has 3 fully saturated rings. The van der Waals surface area contributed by atoms with Crippen molar-refractivity contribution < 1.29 is 29.0 Å². The number of hydrogen-bond acceptors (Lipinski definition) is 8. The summed E-state index contributed by atoms with van der Waals surface area (Å²) >= 11 is 9.95. The lowest BCUT2D eigenvalue weighted by Crippen LogP contribution is -2.49. The van der Waals surface area contributed by atoms with E-state index in [0.29, 0.717) is 37.8 Å². The standard InChI is InChI=1S/C43H38ClIN4O6S/c1-6-21-7-10-24(11-8-21)48-39(51)26-13-12-25-28(35(26)41(48)53)18-29-40(52)49(42(54)43(29,3)36(25)22-15-30(45)37(50)32(16-22)55-5)34-19-31(46-47(34)4)38-20(2)27-17-23(44)9-14-33(27)56-38/h7-12,14-17,19,26,28-29,35-36,50H,6,13,18H2,1-5H3. The second-order valence-electron chi connectivity index (χ2n) is 15.5. The summed E-state index contributed by atoms with van der Waals surface area (Å²) < 4.78 is 8.74. The topological polar surface area (TPSA) is 122 Å². The van der Waals surface area contributed by atoms with Crippen LogP contribution in [0.4, 0.5) is 11.5 Å². The number of phenolic OH excluding ortho intramolecular Hbond substituents is 1. The normalized spacial score (nSPS) is 25.8. The molecule has 1 N–H and O–H groups in total. The summed E-state index contributed by atoms with van der Waals surface area (Å²) in [6.45, 7) is 5.91. The predicted molar refractivity (Wildman–Crippen MR) is 224 cm³/mol. The molecule has 2 aliphatic carbocycles. The molecule has 4 aliphatic rings. The van der Waals surface area contributed by atoms with Gasteiger partial charge in [-0.1, -0.05) is 42.3 Å². The van der Waals surface area contributed by atoms with E-state index in [1.165, 1.54) is 16.9 Å². The number of imide groups is 2. The fourth-order valence-electron chi connectivity index (χ4n) is 9.88. The van der Waals surface area contributed by atoms with Crippen molar-refractivity contribution in [2.75, 3.05) is 16.9 Å². The Labute approximate surface area is 346 Å². The highest BCUT2D eigenvalue weighted by atomic mass is 127. The van der Waals surface area contributed by atoms with Crippen LogP contribution in [0.25, 0.3) is 20.7 Å². The van der Waals surface area contributed by atoms with Crippen molar-refractivity contribution >= 4 is 90.7 Å². The number of allylic oxidation sites excluding steroid dienone is 2. The van der Waals surface area contributed by atoms with Gasteiger partial charge in [-0.15, -0.1) is 11.3 Å². The van der Waals surface area contributed by atoms with E-state index >= 15 is 4.79 Å². The molecule has 6 atom stereocenters. The first-order valence-corrected chi connectivity index (χ1v) is 20.9. The number of nitrogens with zero attached hydrogens (tertiary/aromatic N) is 4. The molecular weight excluding hydrogens is 863 g/mol. The Morgan fingerprint density at radius 1 is 1.00 bits per heavy atom. The van der Waals surface area contributed by atoms with E-state index in [4.69, 9.17) is 21.4 Å². The van der Waals surface area contributed by atoms with Crippen molar-refractivity contribution in [3.05, 3.63) is 97.6 Å². The number of amides is 4. The van der Waals surface area contributed by atoms with E-state index in [1.807, 2.05) is 98.0 Å². The van der Waals surface area contributed by atoms with Gasteiger partial charge in [0.2, 0.25) is 23.6 Å². The quantitative estimate of drug-likeness (QED) is 0.103. The first-order valence-electron chi connectivity index (χ1n) is 18.6. The van der Waals surface area contributed by atoms with E-state index in [-0.39, 0.29) is 41.5 Å². The smallest absolute Gasteiger partial charge is 0.242 e. The van der Waals surface area contributed by atoms with Crippen LogP contribution in [0.3, 0.4) is 0 Å². The maximum absolute atomic E-state index is 15.2. The summed E-state index contributed by atoms with van der Waals surface area (Å²) in [6.07, 6.45) is 3.40. The molecule has 0 bridgehead atoms. The molecule has 2 saturated heterocycles. The van der Waals surface area contributed by atoms with Crippen LogP contribution in [0, 0.1) is 39.6 Å².